The first-order valence-corrected chi connectivity index (χ1v) is 22.0. The Labute approximate surface area is 379 Å². The fourth-order valence-electron chi connectivity index (χ4n) is 7.34. The number of morpholine rings is 1. The van der Waals surface area contributed by atoms with Gasteiger partial charge < -0.3 is 35.5 Å². The molecule has 3 aromatic rings. The molecule has 0 aliphatic carbocycles. The van der Waals surface area contributed by atoms with Crippen molar-refractivity contribution in [1.29, 1.82) is 0 Å². The summed E-state index contributed by atoms with van der Waals surface area (Å²) in [6, 6.07) is 19.6. The molecule has 0 aromatic heterocycles. The number of hydrogen-bond acceptors (Lipinski definition) is 13. The second kappa shape index (κ2) is 24.2. The van der Waals surface area contributed by atoms with E-state index in [-0.39, 0.29) is 67.3 Å². The van der Waals surface area contributed by atoms with Crippen molar-refractivity contribution in [3.05, 3.63) is 106 Å². The van der Waals surface area contributed by atoms with Gasteiger partial charge in [0.1, 0.15) is 35.2 Å². The Morgan fingerprint density at radius 3 is 1.88 bits per heavy atom. The van der Waals surface area contributed by atoms with Crippen LogP contribution in [-0.2, 0) is 46.3 Å². The first-order chi connectivity index (χ1) is 31.1. The largest absolute Gasteiger partial charge is 0.540 e. The van der Waals surface area contributed by atoms with E-state index >= 15 is 0 Å². The molecular formula is C47H61N7O11. The van der Waals surface area contributed by atoms with Crippen molar-refractivity contribution in [1.82, 2.24) is 26.2 Å². The summed E-state index contributed by atoms with van der Waals surface area (Å²) >= 11 is 0. The van der Waals surface area contributed by atoms with Gasteiger partial charge >= 0.3 is 6.16 Å². The lowest BCUT2D eigenvalue weighted by Gasteiger charge is -2.29. The number of nitro benzene ring substituents is 1. The molecule has 0 bridgehead atoms. The van der Waals surface area contributed by atoms with Crippen molar-refractivity contribution >= 4 is 41.2 Å². The van der Waals surface area contributed by atoms with E-state index in [0.717, 1.165) is 11.1 Å². The van der Waals surface area contributed by atoms with E-state index in [9.17, 15) is 34.1 Å². The second-order valence-electron chi connectivity index (χ2n) is 17.4. The Hall–Kier alpha value is -6.24. The van der Waals surface area contributed by atoms with Crippen LogP contribution in [0.4, 0.5) is 10.5 Å². The highest BCUT2D eigenvalue weighted by molar-refractivity contribution is 6.02. The molecule has 2 aliphatic rings. The number of nitrogens with zero attached hydrogens (tertiary/aromatic N) is 3. The maximum Gasteiger partial charge on any atom is 0.540 e. The standard InChI is InChI=1S/C47H61N7O11/c1-31(2)26-38(42(47(5)30-63-47)52-65-46(59)64-36-19-17-35(18-20-36)54(60)61)49-45(58)40(28-34-14-10-7-11-15-34)51-44(57)39(27-32(3)4)50-43(56)37(21-16-33-12-8-6-9-13-33)48-41(55)29-53-22-24-62-25-23-53/h6-15,17-20,31-32,37-40H,16,21-30H2,1-5H3,(H,48,55)(H,49,58)(H,50,56)(H,51,57)/b52-42-/t37-,38-,39-,40-,47+/m0/s1. The molecule has 0 unspecified atom stereocenters. The van der Waals surface area contributed by atoms with Crippen LogP contribution in [-0.4, -0.2) is 115 Å². The number of hydrogen-bond donors (Lipinski definition) is 4. The molecule has 2 heterocycles. The zero-order chi connectivity index (χ0) is 46.9. The van der Waals surface area contributed by atoms with Gasteiger partial charge in [0.15, 0.2) is 0 Å². The summed E-state index contributed by atoms with van der Waals surface area (Å²) in [5.74, 6) is -2.06. The van der Waals surface area contributed by atoms with Gasteiger partial charge in [-0.1, -0.05) is 93.5 Å². The lowest BCUT2D eigenvalue weighted by Crippen LogP contribution is -2.59. The Morgan fingerprint density at radius 1 is 0.754 bits per heavy atom. The normalized spacial score (nSPS) is 18.1. The van der Waals surface area contributed by atoms with Gasteiger partial charge in [-0.15, -0.1) is 0 Å². The summed E-state index contributed by atoms with van der Waals surface area (Å²) < 4.78 is 16.3. The lowest BCUT2D eigenvalue weighted by molar-refractivity contribution is -0.384. The molecule has 18 heteroatoms. The number of non-ortho nitro benzene ring substituents is 1. The zero-order valence-electron chi connectivity index (χ0n) is 37.7. The molecule has 5 atom stereocenters. The van der Waals surface area contributed by atoms with Crippen LogP contribution in [0.3, 0.4) is 0 Å². The number of nitrogens with one attached hydrogen (secondary N) is 4. The summed E-state index contributed by atoms with van der Waals surface area (Å²) in [6.45, 7) is 12.0. The van der Waals surface area contributed by atoms with Gasteiger partial charge in [0, 0.05) is 31.6 Å². The minimum Gasteiger partial charge on any atom is -0.393 e. The molecule has 3 aromatic carbocycles. The van der Waals surface area contributed by atoms with Gasteiger partial charge in [-0.2, -0.15) is 0 Å². The van der Waals surface area contributed by atoms with Gasteiger partial charge in [0.2, 0.25) is 23.6 Å². The molecule has 4 N–H and O–H groups in total. The molecule has 0 saturated carbocycles. The van der Waals surface area contributed by atoms with Gasteiger partial charge in [-0.25, -0.2) is 4.79 Å². The molecule has 0 radical (unpaired) electrons. The predicted octanol–water partition coefficient (Wildman–Crippen LogP) is 4.49. The molecule has 4 amide bonds. The smallest absolute Gasteiger partial charge is 0.393 e. The Kier molecular flexibility index (Phi) is 18.5. The second-order valence-corrected chi connectivity index (χ2v) is 17.4. The first-order valence-electron chi connectivity index (χ1n) is 22.0. The molecule has 65 heavy (non-hydrogen) atoms. The number of nitro groups is 1. The van der Waals surface area contributed by atoms with E-state index in [1.54, 1.807) is 6.92 Å². The minimum absolute atomic E-state index is 0.00286. The zero-order valence-corrected chi connectivity index (χ0v) is 37.7. The van der Waals surface area contributed by atoms with E-state index in [2.05, 4.69) is 26.4 Å². The third kappa shape index (κ3) is 16.4. The Morgan fingerprint density at radius 2 is 1.29 bits per heavy atom. The third-order valence-electron chi connectivity index (χ3n) is 10.9. The van der Waals surface area contributed by atoms with E-state index in [1.807, 2.05) is 93.3 Å². The van der Waals surface area contributed by atoms with Crippen molar-refractivity contribution in [2.24, 2.45) is 17.0 Å². The number of ether oxygens (including phenoxy) is 3. The summed E-state index contributed by atoms with van der Waals surface area (Å²) in [4.78, 5) is 86.7. The first kappa shape index (κ1) is 49.8. The predicted molar refractivity (Wildman–Crippen MR) is 241 cm³/mol. The molecule has 18 nitrogen and oxygen atoms in total. The minimum atomic E-state index is -1.22. The fraction of sp³-hybridized carbons (Fsp3) is 0.489. The molecule has 5 rings (SSSR count). The molecule has 0 spiro atoms. The van der Waals surface area contributed by atoms with E-state index in [0.29, 0.717) is 39.1 Å². The number of oxime groups is 1. The summed E-state index contributed by atoms with van der Waals surface area (Å²) in [5, 5.41) is 26.9. The molecule has 2 saturated heterocycles. The van der Waals surface area contributed by atoms with E-state index in [4.69, 9.17) is 19.0 Å². The topological polar surface area (TPSA) is 232 Å². The van der Waals surface area contributed by atoms with Crippen molar-refractivity contribution in [2.45, 2.75) is 96.5 Å². The number of amides is 4. The molecule has 2 fully saturated rings. The summed E-state index contributed by atoms with van der Waals surface area (Å²) in [5.41, 5.74) is 0.749. The maximum atomic E-state index is 14.5. The van der Waals surface area contributed by atoms with Crippen LogP contribution in [0.1, 0.15) is 65.0 Å². The monoisotopic (exact) mass is 899 g/mol. The highest BCUT2D eigenvalue weighted by Gasteiger charge is 2.49. The quantitative estimate of drug-likeness (QED) is 0.0196. The highest BCUT2D eigenvalue weighted by atomic mass is 16.8. The van der Waals surface area contributed by atoms with Crippen LogP contribution < -0.4 is 26.0 Å². The molecule has 2 aliphatic heterocycles. The molecule has 350 valence electrons. The van der Waals surface area contributed by atoms with E-state index < -0.39 is 58.6 Å². The average Bonchev–Trinajstić information content (AvgIpc) is 4.02. The van der Waals surface area contributed by atoms with Crippen LogP contribution in [0.15, 0.2) is 90.1 Å². The van der Waals surface area contributed by atoms with Gasteiger partial charge in [0.25, 0.3) is 5.69 Å². The van der Waals surface area contributed by atoms with Crippen LogP contribution in [0.2, 0.25) is 0 Å². The van der Waals surface area contributed by atoms with Crippen LogP contribution in [0.5, 0.6) is 5.75 Å². The number of rotatable bonds is 23. The fourth-order valence-corrected chi connectivity index (χ4v) is 7.34. The Bertz CT molecular complexity index is 2090. The number of benzene rings is 3. The van der Waals surface area contributed by atoms with Crippen molar-refractivity contribution in [3.8, 4) is 5.75 Å². The lowest BCUT2D eigenvalue weighted by atomic mass is 9.92. The third-order valence-corrected chi connectivity index (χ3v) is 10.9. The Balaban J connectivity index is 1.34. The number of aryl methyl sites for hydroxylation is 1. The van der Waals surface area contributed by atoms with E-state index in [1.165, 1.54) is 24.3 Å². The highest BCUT2D eigenvalue weighted by Crippen LogP contribution is 2.31. The van der Waals surface area contributed by atoms with Crippen LogP contribution >= 0.6 is 0 Å². The summed E-state index contributed by atoms with van der Waals surface area (Å²) in [6.07, 6.45) is 0.217. The van der Waals surface area contributed by atoms with Crippen molar-refractivity contribution in [3.63, 3.8) is 0 Å². The number of carbonyl (C=O) groups excluding carboxylic acids is 5. The van der Waals surface area contributed by atoms with Gasteiger partial charge in [-0.05, 0) is 67.7 Å². The molecular weight excluding hydrogens is 839 g/mol. The number of carbonyl (C=O) groups is 5. The van der Waals surface area contributed by atoms with Gasteiger partial charge in [0.05, 0.1) is 37.3 Å². The number of epoxide rings is 1. The van der Waals surface area contributed by atoms with Crippen LogP contribution in [0, 0.1) is 22.0 Å². The SMILES string of the molecule is CC(C)C[C@H](NC(=O)[C@H](CCc1ccccc1)NC(=O)CN1CCOCC1)C(=O)N[C@@H](Cc1ccccc1)C(=O)N[C@@H](CC(C)C)/C(=N/OC(=O)Oc1ccc([N+](=O)[O-])cc1)[C@@]1(C)CO1. The van der Waals surface area contributed by atoms with Crippen molar-refractivity contribution in [2.75, 3.05) is 39.5 Å². The van der Waals surface area contributed by atoms with Gasteiger partial charge in [-0.3, -0.25) is 39.0 Å². The maximum absolute atomic E-state index is 14.5. The van der Waals surface area contributed by atoms with Crippen LogP contribution in [0.25, 0.3) is 0 Å². The average molecular weight is 900 g/mol. The van der Waals surface area contributed by atoms with Crippen molar-refractivity contribution < 1.29 is 47.9 Å². The summed E-state index contributed by atoms with van der Waals surface area (Å²) in [7, 11) is 0.